The number of rotatable bonds is 2. The van der Waals surface area contributed by atoms with Gasteiger partial charge in [0.2, 0.25) is 0 Å². The van der Waals surface area contributed by atoms with Crippen LogP contribution < -0.4 is 5.43 Å². The van der Waals surface area contributed by atoms with E-state index in [0.717, 1.165) is 0 Å². The van der Waals surface area contributed by atoms with Crippen LogP contribution in [0.25, 0.3) is 0 Å². The molecule has 54 valence electrons. The maximum absolute atomic E-state index is 10.3. The van der Waals surface area contributed by atoms with Gasteiger partial charge in [-0.3, -0.25) is 5.43 Å². The van der Waals surface area contributed by atoms with Crippen molar-refractivity contribution in [3.05, 3.63) is 12.7 Å². The van der Waals surface area contributed by atoms with E-state index in [1.807, 2.05) is 0 Å². The van der Waals surface area contributed by atoms with Gasteiger partial charge in [0, 0.05) is 6.42 Å². The summed E-state index contributed by atoms with van der Waals surface area (Å²) in [6.45, 7) is 3.47. The van der Waals surface area contributed by atoms with Gasteiger partial charge in [-0.1, -0.05) is 6.58 Å². The predicted molar refractivity (Wildman–Crippen MR) is 36.8 cm³/mol. The van der Waals surface area contributed by atoms with Crippen molar-refractivity contribution in [1.29, 1.82) is 0 Å². The van der Waals surface area contributed by atoms with E-state index in [-0.39, 0.29) is 0 Å². The van der Waals surface area contributed by atoms with Crippen molar-refractivity contribution in [2.75, 3.05) is 0 Å². The van der Waals surface area contributed by atoms with Crippen LogP contribution in [0.1, 0.15) is 6.42 Å². The number of carbonyl (C=O) groups is 1. The molecule has 1 aliphatic rings. The van der Waals surface area contributed by atoms with Crippen LogP contribution in [0.5, 0.6) is 0 Å². The minimum Gasteiger partial charge on any atom is -0.480 e. The summed E-state index contributed by atoms with van der Waals surface area (Å²) in [5.74, 6) is -0.874. The molecule has 0 radical (unpaired) electrons. The van der Waals surface area contributed by atoms with E-state index in [1.54, 1.807) is 6.08 Å². The van der Waals surface area contributed by atoms with E-state index in [9.17, 15) is 4.79 Å². The number of hydrazone groups is 1. The molecule has 0 fully saturated rings. The van der Waals surface area contributed by atoms with E-state index in [0.29, 0.717) is 12.1 Å². The van der Waals surface area contributed by atoms with Gasteiger partial charge in [-0.25, -0.2) is 4.79 Å². The lowest BCUT2D eigenvalue weighted by molar-refractivity contribution is -0.139. The molecule has 0 saturated carbocycles. The van der Waals surface area contributed by atoms with Crippen LogP contribution >= 0.6 is 0 Å². The number of carboxylic acid groups (broad SMARTS) is 1. The first-order valence-electron chi connectivity index (χ1n) is 2.91. The van der Waals surface area contributed by atoms with Crippen LogP contribution in [0.15, 0.2) is 17.8 Å². The lowest BCUT2D eigenvalue weighted by Gasteiger charge is -1.99. The van der Waals surface area contributed by atoms with E-state index in [1.165, 1.54) is 0 Å². The molecular weight excluding hydrogens is 132 g/mol. The van der Waals surface area contributed by atoms with Crippen molar-refractivity contribution in [3.8, 4) is 0 Å². The Kier molecular flexibility index (Phi) is 1.71. The van der Waals surface area contributed by atoms with Crippen LogP contribution in [0.3, 0.4) is 0 Å². The number of carboxylic acids is 1. The molecule has 1 heterocycles. The second-order valence-corrected chi connectivity index (χ2v) is 2.03. The third kappa shape index (κ3) is 1.15. The third-order valence-electron chi connectivity index (χ3n) is 1.31. The highest BCUT2D eigenvalue weighted by molar-refractivity contribution is 5.99. The molecule has 0 aromatic carbocycles. The first-order valence-corrected chi connectivity index (χ1v) is 2.91. The molecule has 1 rings (SSSR count). The molecule has 1 unspecified atom stereocenters. The molecule has 2 N–H and O–H groups in total. The fourth-order valence-corrected chi connectivity index (χ4v) is 0.733. The first-order chi connectivity index (χ1) is 4.74. The van der Waals surface area contributed by atoms with E-state index < -0.39 is 12.0 Å². The predicted octanol–water partition coefficient (Wildman–Crippen LogP) is -0.0251. The number of allylic oxidation sites excluding steroid dienone is 1. The highest BCUT2D eigenvalue weighted by Gasteiger charge is 2.22. The number of aliphatic carboxylic acids is 1. The largest absolute Gasteiger partial charge is 0.480 e. The third-order valence-corrected chi connectivity index (χ3v) is 1.31. The quantitative estimate of drug-likeness (QED) is 0.566. The summed E-state index contributed by atoms with van der Waals surface area (Å²) in [5.41, 5.74) is 3.18. The van der Waals surface area contributed by atoms with Crippen molar-refractivity contribution < 1.29 is 9.90 Å². The number of hydrogen-bond acceptors (Lipinski definition) is 3. The molecule has 1 atom stereocenters. The molecule has 0 spiro atoms. The highest BCUT2D eigenvalue weighted by Crippen LogP contribution is 2.03. The molecule has 0 amide bonds. The maximum atomic E-state index is 10.3. The van der Waals surface area contributed by atoms with Gasteiger partial charge in [0.15, 0.2) is 0 Å². The zero-order chi connectivity index (χ0) is 7.56. The van der Waals surface area contributed by atoms with Crippen molar-refractivity contribution in [3.63, 3.8) is 0 Å². The minimum absolute atomic E-state index is 0.429. The van der Waals surface area contributed by atoms with Crippen LogP contribution in [-0.2, 0) is 4.79 Å². The SMILES string of the molecule is C=CC1=NNC(C(=O)O)C1. The molecule has 10 heavy (non-hydrogen) atoms. The molecule has 0 aromatic heterocycles. The molecule has 4 nitrogen and oxygen atoms in total. The second-order valence-electron chi connectivity index (χ2n) is 2.03. The summed E-state index contributed by atoms with van der Waals surface area (Å²) in [4.78, 5) is 10.3. The minimum atomic E-state index is -0.874. The van der Waals surface area contributed by atoms with Gasteiger partial charge < -0.3 is 5.11 Å². The van der Waals surface area contributed by atoms with E-state index >= 15 is 0 Å². The molecular formula is C6H8N2O2. The lowest BCUT2D eigenvalue weighted by Crippen LogP contribution is -2.29. The van der Waals surface area contributed by atoms with E-state index in [2.05, 4.69) is 17.1 Å². The van der Waals surface area contributed by atoms with Gasteiger partial charge in [-0.15, -0.1) is 0 Å². The summed E-state index contributed by atoms with van der Waals surface area (Å²) in [5, 5.41) is 12.2. The molecule has 0 aliphatic carbocycles. The molecule has 0 aromatic rings. The van der Waals surface area contributed by atoms with Gasteiger partial charge in [0.05, 0.1) is 5.71 Å². The molecule has 4 heteroatoms. The average molecular weight is 140 g/mol. The van der Waals surface area contributed by atoms with Crippen LogP contribution in [-0.4, -0.2) is 22.8 Å². The maximum Gasteiger partial charge on any atom is 0.328 e. The fourth-order valence-electron chi connectivity index (χ4n) is 0.733. The monoisotopic (exact) mass is 140 g/mol. The molecule has 1 aliphatic heterocycles. The Balaban J connectivity index is 2.51. The van der Waals surface area contributed by atoms with Crippen molar-refractivity contribution in [2.45, 2.75) is 12.5 Å². The summed E-state index contributed by atoms with van der Waals surface area (Å²) in [7, 11) is 0. The summed E-state index contributed by atoms with van der Waals surface area (Å²) in [6.07, 6.45) is 1.98. The zero-order valence-electron chi connectivity index (χ0n) is 5.37. The lowest BCUT2D eigenvalue weighted by atomic mass is 10.2. The number of nitrogens with zero attached hydrogens (tertiary/aromatic N) is 1. The Morgan fingerprint density at radius 3 is 3.00 bits per heavy atom. The summed E-state index contributed by atoms with van der Waals surface area (Å²) >= 11 is 0. The Hall–Kier alpha value is -1.32. The van der Waals surface area contributed by atoms with Crippen molar-refractivity contribution in [1.82, 2.24) is 5.43 Å². The average Bonchev–Trinajstić information content (AvgIpc) is 2.34. The summed E-state index contributed by atoms with van der Waals surface area (Å²) < 4.78 is 0. The Morgan fingerprint density at radius 2 is 2.70 bits per heavy atom. The second kappa shape index (κ2) is 2.51. The molecule has 0 saturated heterocycles. The Labute approximate surface area is 58.2 Å². The van der Waals surface area contributed by atoms with Gasteiger partial charge in [0.25, 0.3) is 0 Å². The summed E-state index contributed by atoms with van der Waals surface area (Å²) in [6, 6.07) is -0.562. The number of hydrogen-bond donors (Lipinski definition) is 2. The highest BCUT2D eigenvalue weighted by atomic mass is 16.4. The normalized spacial score (nSPS) is 23.2. The Morgan fingerprint density at radius 1 is 2.00 bits per heavy atom. The number of nitrogens with one attached hydrogen (secondary N) is 1. The smallest absolute Gasteiger partial charge is 0.328 e. The van der Waals surface area contributed by atoms with Crippen LogP contribution in [0.4, 0.5) is 0 Å². The fraction of sp³-hybridized carbons (Fsp3) is 0.333. The Bertz CT molecular complexity index is 198. The van der Waals surface area contributed by atoms with Crippen LogP contribution in [0.2, 0.25) is 0 Å². The van der Waals surface area contributed by atoms with Gasteiger partial charge in [-0.05, 0) is 6.08 Å². The molecule has 0 bridgehead atoms. The topological polar surface area (TPSA) is 61.7 Å². The van der Waals surface area contributed by atoms with Gasteiger partial charge in [-0.2, -0.15) is 5.10 Å². The van der Waals surface area contributed by atoms with Crippen LogP contribution in [0, 0.1) is 0 Å². The van der Waals surface area contributed by atoms with Crippen molar-refractivity contribution in [2.24, 2.45) is 5.10 Å². The zero-order valence-corrected chi connectivity index (χ0v) is 5.37. The first kappa shape index (κ1) is 6.80. The van der Waals surface area contributed by atoms with Gasteiger partial charge >= 0.3 is 5.97 Å². The van der Waals surface area contributed by atoms with E-state index in [4.69, 9.17) is 5.11 Å². The van der Waals surface area contributed by atoms with Crippen molar-refractivity contribution >= 4 is 11.7 Å². The van der Waals surface area contributed by atoms with Gasteiger partial charge in [0.1, 0.15) is 6.04 Å². The standard InChI is InChI=1S/C6H8N2O2/c1-2-4-3-5(6(9)10)8-7-4/h2,5,8H,1,3H2,(H,9,10).